The van der Waals surface area contributed by atoms with Crippen LogP contribution in [0.1, 0.15) is 7.43 Å². The van der Waals surface area contributed by atoms with Crippen LogP contribution in [-0.4, -0.2) is 0 Å². The van der Waals surface area contributed by atoms with Crippen molar-refractivity contribution in [1.82, 2.24) is 0 Å². The Morgan fingerprint density at radius 1 is 0.259 bits per heavy atom. The van der Waals surface area contributed by atoms with Gasteiger partial charge in [-0.15, -0.1) is 0 Å². The Kier molecular flexibility index (Phi) is 8.89. The third kappa shape index (κ3) is 5.86. The van der Waals surface area contributed by atoms with Gasteiger partial charge >= 0.3 is 0 Å². The minimum absolute atomic E-state index is 0. The molecule has 0 aliphatic heterocycles. The Balaban J connectivity index is 0.00000408. The second-order valence-corrected chi connectivity index (χ2v) is 15.6. The first-order chi connectivity index (χ1) is 28.2. The lowest BCUT2D eigenvalue weighted by Gasteiger charge is -2.31. The van der Waals surface area contributed by atoms with E-state index in [1.54, 1.807) is 0 Å². The normalized spacial score (nSPS) is 11.4. The quantitative estimate of drug-likeness (QED) is 0.154. The van der Waals surface area contributed by atoms with Gasteiger partial charge in [-0.05, 0) is 115 Å². The number of hydrogen-bond acceptors (Lipinski definition) is 2. The topological polar surface area (TPSA) is 6.48 Å². The molecule has 58 heavy (non-hydrogen) atoms. The third-order valence-corrected chi connectivity index (χ3v) is 11.9. The van der Waals surface area contributed by atoms with E-state index in [0.29, 0.717) is 0 Å². The lowest BCUT2D eigenvalue weighted by molar-refractivity contribution is 1.28. The molecular weight excluding hydrogens is 769 g/mol. The van der Waals surface area contributed by atoms with Crippen LogP contribution >= 0.6 is 15.9 Å². The highest BCUT2D eigenvalue weighted by molar-refractivity contribution is 9.10. The second-order valence-electron chi connectivity index (χ2n) is 14.7. The summed E-state index contributed by atoms with van der Waals surface area (Å²) in [6, 6.07) is 77.4. The number of rotatable bonds is 6. The number of fused-ring (bicyclic) bond motifs is 9. The van der Waals surface area contributed by atoms with Crippen molar-refractivity contribution in [2.45, 2.75) is 7.43 Å². The minimum Gasteiger partial charge on any atom is -0.310 e. The Hall–Kier alpha value is -6.94. The maximum Gasteiger partial charge on any atom is 0.0546 e. The van der Waals surface area contributed by atoms with Crippen LogP contribution in [0.3, 0.4) is 0 Å². The minimum atomic E-state index is 0. The smallest absolute Gasteiger partial charge is 0.0546 e. The maximum atomic E-state index is 3.69. The molecule has 0 N–H and O–H groups in total. The van der Waals surface area contributed by atoms with Gasteiger partial charge < -0.3 is 9.80 Å². The molecule has 11 rings (SSSR count). The highest BCUT2D eigenvalue weighted by Gasteiger charge is 2.22. The van der Waals surface area contributed by atoms with Gasteiger partial charge in [-0.2, -0.15) is 0 Å². The van der Waals surface area contributed by atoms with Crippen LogP contribution in [0.25, 0.3) is 64.6 Å². The SMILES string of the molecule is Brc1ccc(N(c2ccc(N(c3cc4ccccc4c4ccccc34)c3cc4ccccc4c4ccccc34)cc2)c2cc3ccccc3c3ccccc23)cc1.C. The first-order valence-corrected chi connectivity index (χ1v) is 20.2. The van der Waals surface area contributed by atoms with Crippen molar-refractivity contribution in [2.75, 3.05) is 9.80 Å². The van der Waals surface area contributed by atoms with Crippen LogP contribution in [0.2, 0.25) is 0 Å². The van der Waals surface area contributed by atoms with Crippen molar-refractivity contribution in [3.8, 4) is 0 Å². The Labute approximate surface area is 347 Å². The van der Waals surface area contributed by atoms with Gasteiger partial charge in [0.15, 0.2) is 0 Å². The number of benzene rings is 11. The molecule has 3 heteroatoms. The van der Waals surface area contributed by atoms with Crippen molar-refractivity contribution in [3.63, 3.8) is 0 Å². The molecule has 0 atom stereocenters. The van der Waals surface area contributed by atoms with E-state index < -0.39 is 0 Å². The summed E-state index contributed by atoms with van der Waals surface area (Å²) in [5, 5.41) is 14.7. The molecule has 0 amide bonds. The average molecular weight is 808 g/mol. The van der Waals surface area contributed by atoms with Gasteiger partial charge in [0, 0.05) is 37.7 Å². The molecule has 0 aliphatic carbocycles. The summed E-state index contributed by atoms with van der Waals surface area (Å²) < 4.78 is 1.05. The van der Waals surface area contributed by atoms with Crippen molar-refractivity contribution in [1.29, 1.82) is 0 Å². The molecule has 0 saturated carbocycles. The summed E-state index contributed by atoms with van der Waals surface area (Å²) in [7, 11) is 0. The van der Waals surface area contributed by atoms with Crippen LogP contribution < -0.4 is 9.80 Å². The van der Waals surface area contributed by atoms with E-state index in [1.165, 1.54) is 64.6 Å². The van der Waals surface area contributed by atoms with Crippen molar-refractivity contribution in [2.24, 2.45) is 0 Å². The molecule has 0 heterocycles. The van der Waals surface area contributed by atoms with E-state index >= 15 is 0 Å². The Bertz CT molecular complexity index is 3200. The first-order valence-electron chi connectivity index (χ1n) is 19.4. The van der Waals surface area contributed by atoms with E-state index in [-0.39, 0.29) is 7.43 Å². The van der Waals surface area contributed by atoms with Gasteiger partial charge in [0.25, 0.3) is 0 Å². The summed E-state index contributed by atoms with van der Waals surface area (Å²) in [5.41, 5.74) is 6.67. The molecule has 0 radical (unpaired) electrons. The summed E-state index contributed by atoms with van der Waals surface area (Å²) in [5.74, 6) is 0. The number of hydrogen-bond donors (Lipinski definition) is 0. The molecule has 11 aromatic carbocycles. The summed E-state index contributed by atoms with van der Waals surface area (Å²) in [6.45, 7) is 0. The molecule has 0 aromatic heterocycles. The zero-order valence-corrected chi connectivity index (χ0v) is 32.6. The fraction of sp³-hybridized carbons (Fsp3) is 0.0182. The van der Waals surface area contributed by atoms with Crippen molar-refractivity contribution in [3.05, 3.63) is 217 Å². The van der Waals surface area contributed by atoms with Gasteiger partial charge in [0.2, 0.25) is 0 Å². The Morgan fingerprint density at radius 2 is 0.517 bits per heavy atom. The van der Waals surface area contributed by atoms with E-state index in [2.05, 4.69) is 238 Å². The molecule has 276 valence electrons. The van der Waals surface area contributed by atoms with Crippen molar-refractivity contribution < 1.29 is 0 Å². The predicted molar refractivity (Wildman–Crippen MR) is 255 cm³/mol. The molecule has 2 nitrogen and oxygen atoms in total. The fourth-order valence-electron chi connectivity index (χ4n) is 8.83. The molecule has 0 fully saturated rings. The van der Waals surface area contributed by atoms with Gasteiger partial charge in [-0.3, -0.25) is 0 Å². The predicted octanol–water partition coefficient (Wildman–Crippen LogP) is 16.9. The van der Waals surface area contributed by atoms with Gasteiger partial charge in [0.05, 0.1) is 17.1 Å². The number of anilines is 6. The van der Waals surface area contributed by atoms with Gasteiger partial charge in [-0.1, -0.05) is 169 Å². The Morgan fingerprint density at radius 3 is 0.879 bits per heavy atom. The van der Waals surface area contributed by atoms with Crippen LogP contribution in [0.5, 0.6) is 0 Å². The zero-order chi connectivity index (χ0) is 37.9. The zero-order valence-electron chi connectivity index (χ0n) is 31.0. The number of nitrogens with zero attached hydrogens (tertiary/aromatic N) is 2. The largest absolute Gasteiger partial charge is 0.310 e. The lowest BCUT2D eigenvalue weighted by Crippen LogP contribution is -2.13. The summed E-state index contributed by atoms with van der Waals surface area (Å²) >= 11 is 3.69. The molecule has 0 bridgehead atoms. The summed E-state index contributed by atoms with van der Waals surface area (Å²) in [4.78, 5) is 4.87. The van der Waals surface area contributed by atoms with E-state index in [1.807, 2.05) is 0 Å². The maximum absolute atomic E-state index is 3.69. The lowest BCUT2D eigenvalue weighted by atomic mass is 9.96. The van der Waals surface area contributed by atoms with E-state index in [0.717, 1.165) is 38.6 Å². The molecule has 0 unspecified atom stereocenters. The van der Waals surface area contributed by atoms with Crippen LogP contribution in [0.4, 0.5) is 34.1 Å². The number of halogens is 1. The van der Waals surface area contributed by atoms with Gasteiger partial charge in [0.1, 0.15) is 0 Å². The molecular formula is C55H39BrN2. The van der Waals surface area contributed by atoms with E-state index in [9.17, 15) is 0 Å². The molecule has 11 aromatic rings. The third-order valence-electron chi connectivity index (χ3n) is 11.4. The van der Waals surface area contributed by atoms with Gasteiger partial charge in [-0.25, -0.2) is 0 Å². The summed E-state index contributed by atoms with van der Waals surface area (Å²) in [6.07, 6.45) is 0. The van der Waals surface area contributed by atoms with Crippen LogP contribution in [-0.2, 0) is 0 Å². The first kappa shape index (κ1) is 35.5. The fourth-order valence-corrected chi connectivity index (χ4v) is 9.10. The van der Waals surface area contributed by atoms with Crippen molar-refractivity contribution >= 4 is 115 Å². The highest BCUT2D eigenvalue weighted by atomic mass is 79.9. The van der Waals surface area contributed by atoms with E-state index in [4.69, 9.17) is 0 Å². The second kappa shape index (κ2) is 14.5. The molecule has 0 saturated heterocycles. The highest BCUT2D eigenvalue weighted by Crippen LogP contribution is 2.48. The average Bonchev–Trinajstić information content (AvgIpc) is 3.28. The molecule has 0 spiro atoms. The van der Waals surface area contributed by atoms with Crippen LogP contribution in [0, 0.1) is 0 Å². The van der Waals surface area contributed by atoms with Crippen LogP contribution in [0.15, 0.2) is 217 Å². The monoisotopic (exact) mass is 806 g/mol. The standard InChI is InChI=1S/C54H35BrN2.CH4/c55-39-25-27-40(28-26-39)56(52-33-36-13-1-4-16-43(36)46-19-7-10-22-49(46)52)41-29-31-42(32-30-41)57(53-34-37-14-2-5-17-44(37)47-20-8-11-23-50(47)53)54-35-38-15-3-6-18-45(38)48-21-9-12-24-51(48)54;/h1-35H;1H4. The molecule has 0 aliphatic rings.